The second-order valence-corrected chi connectivity index (χ2v) is 9.09. The number of aromatic nitrogens is 2. The summed E-state index contributed by atoms with van der Waals surface area (Å²) in [5, 5.41) is 10.2. The van der Waals surface area contributed by atoms with Gasteiger partial charge in [0.2, 0.25) is 0 Å². The molecule has 0 spiro atoms. The number of benzene rings is 3. The summed E-state index contributed by atoms with van der Waals surface area (Å²) in [7, 11) is 0. The van der Waals surface area contributed by atoms with E-state index in [-0.39, 0.29) is 17.8 Å². The number of nitrogens with zero attached hydrogens (tertiary/aromatic N) is 4. The number of piperazine rings is 1. The minimum Gasteiger partial charge on any atom is -0.368 e. The smallest absolute Gasteiger partial charge is 0.254 e. The topological polar surface area (TPSA) is 53.4 Å². The summed E-state index contributed by atoms with van der Waals surface area (Å²) in [6.45, 7) is 4.56. The van der Waals surface area contributed by atoms with Crippen molar-refractivity contribution in [1.82, 2.24) is 14.7 Å². The number of hydrogen-bond donors (Lipinski definition) is 1. The van der Waals surface area contributed by atoms with E-state index in [4.69, 9.17) is 0 Å². The molecule has 0 aliphatic carbocycles. The van der Waals surface area contributed by atoms with Crippen molar-refractivity contribution in [2.75, 3.05) is 36.4 Å². The van der Waals surface area contributed by atoms with Crippen LogP contribution < -0.4 is 10.2 Å². The van der Waals surface area contributed by atoms with E-state index in [0.717, 1.165) is 33.5 Å². The van der Waals surface area contributed by atoms with Crippen LogP contribution in [0.2, 0.25) is 0 Å². The Morgan fingerprint density at radius 2 is 1.69 bits per heavy atom. The lowest BCUT2D eigenvalue weighted by molar-refractivity contribution is -0.127. The highest BCUT2D eigenvalue weighted by atomic mass is 19.1. The van der Waals surface area contributed by atoms with Gasteiger partial charge in [-0.2, -0.15) is 5.10 Å². The van der Waals surface area contributed by atoms with E-state index in [1.165, 1.54) is 12.1 Å². The summed E-state index contributed by atoms with van der Waals surface area (Å²) >= 11 is 0. The molecule has 1 saturated heterocycles. The van der Waals surface area contributed by atoms with Gasteiger partial charge >= 0.3 is 0 Å². The van der Waals surface area contributed by atoms with Crippen LogP contribution in [0.15, 0.2) is 90.3 Å². The predicted octanol–water partition coefficient (Wildman–Crippen LogP) is 4.81. The summed E-state index contributed by atoms with van der Waals surface area (Å²) in [4.78, 5) is 18.1. The van der Waals surface area contributed by atoms with E-state index < -0.39 is 0 Å². The molecule has 0 bridgehead atoms. The predicted molar refractivity (Wildman–Crippen MR) is 136 cm³/mol. The number of fused-ring (bicyclic) bond motifs is 2. The number of nitrogens with one attached hydrogen (secondary N) is 1. The molecule has 1 aromatic heterocycles. The summed E-state index contributed by atoms with van der Waals surface area (Å²) in [6, 6.07) is 22.8. The van der Waals surface area contributed by atoms with Gasteiger partial charge in [0.1, 0.15) is 17.7 Å². The zero-order chi connectivity index (χ0) is 23.9. The maximum Gasteiger partial charge on any atom is 0.254 e. The zero-order valence-electron chi connectivity index (χ0n) is 19.5. The largest absolute Gasteiger partial charge is 0.368 e. The van der Waals surface area contributed by atoms with Gasteiger partial charge in [0.25, 0.3) is 5.91 Å². The minimum atomic E-state index is -0.312. The van der Waals surface area contributed by atoms with Gasteiger partial charge in [0, 0.05) is 43.6 Å². The van der Waals surface area contributed by atoms with E-state index in [1.54, 1.807) is 18.3 Å². The van der Waals surface area contributed by atoms with Crippen molar-refractivity contribution in [3.63, 3.8) is 0 Å². The normalized spacial score (nSPS) is 17.9. The summed E-state index contributed by atoms with van der Waals surface area (Å²) in [5.41, 5.74) is 3.57. The maximum atomic E-state index is 13.9. The minimum absolute atomic E-state index is 0.0214. The van der Waals surface area contributed by atoms with Gasteiger partial charge in [0.05, 0.1) is 11.8 Å². The molecule has 35 heavy (non-hydrogen) atoms. The van der Waals surface area contributed by atoms with E-state index in [2.05, 4.69) is 45.6 Å². The number of anilines is 2. The Hall–Kier alpha value is -4.13. The first kappa shape index (κ1) is 21.4. The Balaban J connectivity index is 1.31. The summed E-state index contributed by atoms with van der Waals surface area (Å²) in [5.74, 6) is 0.652. The van der Waals surface area contributed by atoms with Gasteiger partial charge in [-0.25, -0.2) is 9.07 Å². The molecule has 1 atom stereocenters. The third kappa shape index (κ3) is 3.83. The highest BCUT2D eigenvalue weighted by Crippen LogP contribution is 2.37. The molecule has 2 aliphatic rings. The molecule has 0 saturated carbocycles. The highest BCUT2D eigenvalue weighted by molar-refractivity contribution is 5.97. The fourth-order valence-electron chi connectivity index (χ4n) is 5.16. The molecule has 4 aromatic rings. The van der Waals surface area contributed by atoms with E-state index in [1.807, 2.05) is 34.7 Å². The molecule has 176 valence electrons. The average molecular weight is 468 g/mol. The lowest BCUT2D eigenvalue weighted by Gasteiger charge is -2.38. The molecule has 2 aliphatic heterocycles. The first-order chi connectivity index (χ1) is 17.1. The van der Waals surface area contributed by atoms with E-state index in [0.29, 0.717) is 31.8 Å². The molecule has 1 fully saturated rings. The SMILES string of the molecule is CC1=C(C(=O)N2CCN(c3ccc(F)cc3)CC2)C(c2ccc3ccccc3c2)n2nccc2N1. The molecule has 1 N–H and O–H groups in total. The molecule has 3 heterocycles. The van der Waals surface area contributed by atoms with Crippen molar-refractivity contribution in [1.29, 1.82) is 0 Å². The van der Waals surface area contributed by atoms with Crippen LogP contribution in [0.3, 0.4) is 0 Å². The number of rotatable bonds is 3. The average Bonchev–Trinajstić information content (AvgIpc) is 3.36. The van der Waals surface area contributed by atoms with Crippen LogP contribution in [0.25, 0.3) is 10.8 Å². The Morgan fingerprint density at radius 3 is 2.46 bits per heavy atom. The van der Waals surface area contributed by atoms with E-state index in [9.17, 15) is 9.18 Å². The van der Waals surface area contributed by atoms with Gasteiger partial charge in [0.15, 0.2) is 0 Å². The molecule has 6 rings (SSSR count). The fraction of sp³-hybridized carbons (Fsp3) is 0.214. The van der Waals surface area contributed by atoms with Gasteiger partial charge in [-0.15, -0.1) is 0 Å². The van der Waals surface area contributed by atoms with Crippen LogP contribution in [0.1, 0.15) is 18.5 Å². The molecule has 3 aromatic carbocycles. The van der Waals surface area contributed by atoms with E-state index >= 15 is 0 Å². The molecule has 1 amide bonds. The number of halogens is 1. The first-order valence-corrected chi connectivity index (χ1v) is 11.9. The Bertz CT molecular complexity index is 1430. The Kier molecular flexibility index (Phi) is 5.25. The maximum absolute atomic E-state index is 13.9. The van der Waals surface area contributed by atoms with Crippen LogP contribution in [-0.2, 0) is 4.79 Å². The Labute approximate surface area is 203 Å². The lowest BCUT2D eigenvalue weighted by atomic mass is 9.92. The van der Waals surface area contributed by atoms with Crippen molar-refractivity contribution >= 4 is 28.2 Å². The van der Waals surface area contributed by atoms with Gasteiger partial charge in [-0.05, 0) is 53.6 Å². The molecule has 6 nitrogen and oxygen atoms in total. The van der Waals surface area contributed by atoms with Crippen LogP contribution in [-0.4, -0.2) is 46.8 Å². The molecule has 0 radical (unpaired) electrons. The number of amides is 1. The van der Waals surface area contributed by atoms with Gasteiger partial charge in [-0.1, -0.05) is 36.4 Å². The van der Waals surface area contributed by atoms with Gasteiger partial charge < -0.3 is 15.1 Å². The van der Waals surface area contributed by atoms with Crippen LogP contribution >= 0.6 is 0 Å². The summed E-state index contributed by atoms with van der Waals surface area (Å²) < 4.78 is 15.2. The van der Waals surface area contributed by atoms with Crippen molar-refractivity contribution < 1.29 is 9.18 Å². The number of carbonyl (C=O) groups excluding carboxylic acids is 1. The van der Waals surface area contributed by atoms with Crippen molar-refractivity contribution in [3.8, 4) is 0 Å². The summed E-state index contributed by atoms with van der Waals surface area (Å²) in [6.07, 6.45) is 1.76. The van der Waals surface area contributed by atoms with Gasteiger partial charge in [-0.3, -0.25) is 4.79 Å². The van der Waals surface area contributed by atoms with Crippen LogP contribution in [0.5, 0.6) is 0 Å². The third-order valence-corrected chi connectivity index (χ3v) is 6.99. The van der Waals surface area contributed by atoms with Crippen molar-refractivity contribution in [2.45, 2.75) is 13.0 Å². The molecule has 7 heteroatoms. The van der Waals surface area contributed by atoms with Crippen molar-refractivity contribution in [2.24, 2.45) is 0 Å². The quantitative estimate of drug-likeness (QED) is 0.470. The number of hydrogen-bond acceptors (Lipinski definition) is 4. The van der Waals surface area contributed by atoms with Crippen molar-refractivity contribution in [3.05, 3.63) is 102 Å². The fourth-order valence-corrected chi connectivity index (χ4v) is 5.16. The lowest BCUT2D eigenvalue weighted by Crippen LogP contribution is -2.50. The molecule has 1 unspecified atom stereocenters. The second kappa shape index (κ2) is 8.58. The van der Waals surface area contributed by atoms with Crippen LogP contribution in [0.4, 0.5) is 15.9 Å². The standard InChI is InChI=1S/C28H26FN5O/c1-19-26(28(35)33-16-14-32(15-17-33)24-10-8-23(29)9-11-24)27(34-25(31-19)12-13-30-34)22-7-6-20-4-2-3-5-21(20)18-22/h2-13,18,27,31H,14-17H2,1H3. The first-order valence-electron chi connectivity index (χ1n) is 11.9. The third-order valence-electron chi connectivity index (χ3n) is 6.99. The second-order valence-electron chi connectivity index (χ2n) is 9.09. The zero-order valence-corrected chi connectivity index (χ0v) is 19.5. The number of allylic oxidation sites excluding steroid dienone is 1. The molecular formula is C28H26FN5O. The van der Waals surface area contributed by atoms with Crippen LogP contribution in [0, 0.1) is 5.82 Å². The highest BCUT2D eigenvalue weighted by Gasteiger charge is 2.35. The number of carbonyl (C=O) groups is 1. The monoisotopic (exact) mass is 467 g/mol. The Morgan fingerprint density at radius 1 is 0.943 bits per heavy atom. The molecular weight excluding hydrogens is 441 g/mol.